The van der Waals surface area contributed by atoms with Crippen molar-refractivity contribution in [1.82, 2.24) is 25.1 Å². The van der Waals surface area contributed by atoms with E-state index in [2.05, 4.69) is 15.3 Å². The number of aromatic nitrogens is 2. The number of carbonyl (C=O) groups excluding carboxylic acids is 3. The molecule has 3 heterocycles. The molecule has 0 spiro atoms. The zero-order chi connectivity index (χ0) is 28.3. The van der Waals surface area contributed by atoms with Crippen LogP contribution in [0.5, 0.6) is 0 Å². The van der Waals surface area contributed by atoms with Crippen LogP contribution in [0.1, 0.15) is 29.5 Å². The number of H-pyrrole nitrogens is 1. The highest BCUT2D eigenvalue weighted by Crippen LogP contribution is 2.40. The number of nitrogens with one attached hydrogen (secondary N) is 2. The molecule has 4 amide bonds. The molecule has 2 aromatic carbocycles. The smallest absolute Gasteiger partial charge is 0.328 e. The van der Waals surface area contributed by atoms with Crippen molar-refractivity contribution >= 4 is 45.9 Å². The van der Waals surface area contributed by atoms with Crippen LogP contribution in [0.2, 0.25) is 0 Å². The summed E-state index contributed by atoms with van der Waals surface area (Å²) in [6.45, 7) is 1.33. The first-order valence-electron chi connectivity index (χ1n) is 12.9. The molecule has 5 rings (SSSR count). The zero-order valence-electron chi connectivity index (χ0n) is 21.9. The maximum Gasteiger partial charge on any atom is 0.328 e. The lowest BCUT2D eigenvalue weighted by Gasteiger charge is -2.33. The van der Waals surface area contributed by atoms with E-state index in [-0.39, 0.29) is 13.0 Å². The van der Waals surface area contributed by atoms with Crippen molar-refractivity contribution < 1.29 is 24.3 Å². The van der Waals surface area contributed by atoms with Gasteiger partial charge in [-0.05, 0) is 47.5 Å². The molecule has 1 aliphatic heterocycles. The summed E-state index contributed by atoms with van der Waals surface area (Å²) >= 11 is 1.40. The molecule has 2 aromatic heterocycles. The number of carboxylic acid groups (broad SMARTS) is 1. The quantitative estimate of drug-likeness (QED) is 0.241. The number of carbonyl (C=O) groups is 4. The number of nitrogens with zero attached hydrogens (tertiary/aromatic N) is 3. The van der Waals surface area contributed by atoms with Gasteiger partial charge in [0.2, 0.25) is 5.91 Å². The topological polar surface area (TPSA) is 136 Å². The maximum absolute atomic E-state index is 14.0. The van der Waals surface area contributed by atoms with Crippen LogP contribution < -0.4 is 5.32 Å². The van der Waals surface area contributed by atoms with E-state index >= 15 is 0 Å². The second-order valence-corrected chi connectivity index (χ2v) is 10.9. The van der Waals surface area contributed by atoms with Gasteiger partial charge in [0.15, 0.2) is 0 Å². The minimum Gasteiger partial charge on any atom is -0.480 e. The first kappa shape index (κ1) is 27.1. The van der Waals surface area contributed by atoms with Crippen LogP contribution >= 0.6 is 11.3 Å². The van der Waals surface area contributed by atoms with E-state index in [0.717, 1.165) is 21.3 Å². The molecular weight excluding hydrogens is 530 g/mol. The van der Waals surface area contributed by atoms with Crippen molar-refractivity contribution in [3.63, 3.8) is 0 Å². The molecule has 40 heavy (non-hydrogen) atoms. The largest absolute Gasteiger partial charge is 0.480 e. The van der Waals surface area contributed by atoms with Gasteiger partial charge in [-0.2, -0.15) is 0 Å². The zero-order valence-corrected chi connectivity index (χ0v) is 22.7. The van der Waals surface area contributed by atoms with Crippen molar-refractivity contribution in [3.05, 3.63) is 88.6 Å². The molecule has 3 N–H and O–H groups in total. The number of aryl methyl sites for hydroxylation is 1. The number of fused-ring (bicyclic) bond motifs is 1. The van der Waals surface area contributed by atoms with E-state index in [0.29, 0.717) is 18.4 Å². The van der Waals surface area contributed by atoms with E-state index in [1.54, 1.807) is 31.6 Å². The highest BCUT2D eigenvalue weighted by molar-refractivity contribution is 7.09. The fraction of sp³-hybridized carbons (Fsp3) is 0.276. The van der Waals surface area contributed by atoms with Gasteiger partial charge in [0.1, 0.15) is 18.1 Å². The van der Waals surface area contributed by atoms with Crippen molar-refractivity contribution in [2.45, 2.75) is 37.8 Å². The standard InChI is InChI=1S/C29H29N5O5S/c1-29(23-12-4-8-19-7-2-3-11-22(19)23)27(38)33(13-5-9-20-16-30-18-31-20)28(39)34(29)17-25(35)32-24(26(36)37)15-21-10-6-14-40-21/h2-4,6-8,10-12,14,16,18,24H,5,9,13,15,17H2,1H3,(H,30,31)(H,32,35)(H,36,37). The van der Waals surface area contributed by atoms with Crippen LogP contribution in [-0.2, 0) is 32.8 Å². The summed E-state index contributed by atoms with van der Waals surface area (Å²) < 4.78 is 0. The number of imidazole rings is 1. The Labute approximate surface area is 234 Å². The van der Waals surface area contributed by atoms with Gasteiger partial charge in [-0.25, -0.2) is 14.6 Å². The van der Waals surface area contributed by atoms with Crippen molar-refractivity contribution in [1.29, 1.82) is 0 Å². The molecule has 2 atom stereocenters. The van der Waals surface area contributed by atoms with Gasteiger partial charge in [0.05, 0.1) is 6.33 Å². The fourth-order valence-electron chi connectivity index (χ4n) is 5.20. The summed E-state index contributed by atoms with van der Waals surface area (Å²) in [7, 11) is 0. The number of thiophene rings is 1. The Morgan fingerprint density at radius 2 is 1.93 bits per heavy atom. The first-order valence-corrected chi connectivity index (χ1v) is 13.8. The molecule has 1 fully saturated rings. The van der Waals surface area contributed by atoms with E-state index in [4.69, 9.17) is 0 Å². The van der Waals surface area contributed by atoms with Gasteiger partial charge in [-0.1, -0.05) is 48.5 Å². The Hall–Kier alpha value is -4.51. The minimum atomic E-state index is -1.48. The summed E-state index contributed by atoms with van der Waals surface area (Å²) in [4.78, 5) is 63.2. The molecule has 11 heteroatoms. The Kier molecular flexibility index (Phi) is 7.65. The van der Waals surface area contributed by atoms with Gasteiger partial charge >= 0.3 is 12.0 Å². The number of carboxylic acids is 1. The SMILES string of the molecule is CC1(c2cccc3ccccc23)C(=O)N(CCCc2cnc[nH]2)C(=O)N1CC(=O)NC(Cc1cccs1)C(=O)O. The molecule has 206 valence electrons. The number of hydrogen-bond acceptors (Lipinski definition) is 6. The molecule has 0 radical (unpaired) electrons. The summed E-state index contributed by atoms with van der Waals surface area (Å²) in [5, 5.41) is 15.8. The van der Waals surface area contributed by atoms with E-state index < -0.39 is 41.9 Å². The van der Waals surface area contributed by atoms with Crippen LogP contribution in [0.15, 0.2) is 72.5 Å². The number of aromatic amines is 1. The van der Waals surface area contributed by atoms with E-state index in [1.165, 1.54) is 21.1 Å². The number of urea groups is 1. The molecule has 1 aliphatic rings. The monoisotopic (exact) mass is 559 g/mol. The molecule has 4 aromatic rings. The molecular formula is C29H29N5O5S. The average molecular weight is 560 g/mol. The third-order valence-electron chi connectivity index (χ3n) is 7.28. The molecule has 10 nitrogen and oxygen atoms in total. The highest BCUT2D eigenvalue weighted by atomic mass is 32.1. The second kappa shape index (κ2) is 11.3. The van der Waals surface area contributed by atoms with Gasteiger partial charge in [0, 0.05) is 29.7 Å². The lowest BCUT2D eigenvalue weighted by atomic mass is 9.86. The van der Waals surface area contributed by atoms with Crippen molar-refractivity contribution in [2.75, 3.05) is 13.1 Å². The summed E-state index contributed by atoms with van der Waals surface area (Å²) in [6, 6.07) is 14.9. The predicted octanol–water partition coefficient (Wildman–Crippen LogP) is 3.55. The third-order valence-corrected chi connectivity index (χ3v) is 8.18. The number of amides is 4. The molecule has 2 unspecified atom stereocenters. The number of hydrogen-bond donors (Lipinski definition) is 3. The molecule has 0 saturated carbocycles. The second-order valence-electron chi connectivity index (χ2n) is 9.85. The Morgan fingerprint density at radius 1 is 1.12 bits per heavy atom. The van der Waals surface area contributed by atoms with E-state index in [9.17, 15) is 24.3 Å². The van der Waals surface area contributed by atoms with Crippen molar-refractivity contribution in [3.8, 4) is 0 Å². The van der Waals surface area contributed by atoms with Crippen LogP contribution in [0.3, 0.4) is 0 Å². The maximum atomic E-state index is 14.0. The van der Waals surface area contributed by atoms with Gasteiger partial charge in [0.25, 0.3) is 5.91 Å². The van der Waals surface area contributed by atoms with Crippen LogP contribution in [0, 0.1) is 0 Å². The number of imide groups is 1. The van der Waals surface area contributed by atoms with Crippen LogP contribution in [-0.4, -0.2) is 67.8 Å². The molecule has 1 saturated heterocycles. The van der Waals surface area contributed by atoms with Gasteiger partial charge < -0.3 is 15.4 Å². The van der Waals surface area contributed by atoms with E-state index in [1.807, 2.05) is 47.8 Å². The number of rotatable bonds is 11. The third kappa shape index (κ3) is 5.20. The van der Waals surface area contributed by atoms with Gasteiger partial charge in [-0.15, -0.1) is 11.3 Å². The fourth-order valence-corrected chi connectivity index (χ4v) is 5.95. The Morgan fingerprint density at radius 3 is 2.65 bits per heavy atom. The lowest BCUT2D eigenvalue weighted by molar-refractivity contribution is -0.142. The molecule has 0 bridgehead atoms. The summed E-state index contributed by atoms with van der Waals surface area (Å²) in [6.07, 6.45) is 4.48. The highest BCUT2D eigenvalue weighted by Gasteiger charge is 2.56. The number of aliphatic carboxylic acids is 1. The van der Waals surface area contributed by atoms with Crippen molar-refractivity contribution in [2.24, 2.45) is 0 Å². The summed E-state index contributed by atoms with van der Waals surface area (Å²) in [5.41, 5.74) is 0.00854. The Bertz CT molecular complexity index is 1530. The lowest BCUT2D eigenvalue weighted by Crippen LogP contribution is -2.51. The van der Waals surface area contributed by atoms with Crippen LogP contribution in [0.25, 0.3) is 10.8 Å². The van der Waals surface area contributed by atoms with Gasteiger partial charge in [-0.3, -0.25) is 19.4 Å². The minimum absolute atomic E-state index is 0.117. The summed E-state index contributed by atoms with van der Waals surface area (Å²) in [5.74, 6) is -2.27. The number of benzene rings is 2. The predicted molar refractivity (Wildman–Crippen MR) is 150 cm³/mol. The Balaban J connectivity index is 1.44. The average Bonchev–Trinajstić information content (AvgIpc) is 3.69. The van der Waals surface area contributed by atoms with Crippen LogP contribution in [0.4, 0.5) is 4.79 Å². The first-order chi connectivity index (χ1) is 19.3. The molecule has 0 aliphatic carbocycles. The normalized spacial score (nSPS) is 17.9.